The maximum Gasteiger partial charge on any atom is 0.228 e. The summed E-state index contributed by atoms with van der Waals surface area (Å²) in [6, 6.07) is 14.9. The van der Waals surface area contributed by atoms with Crippen LogP contribution in [0.25, 0.3) is 0 Å². The molecule has 0 saturated heterocycles. The van der Waals surface area contributed by atoms with Crippen molar-refractivity contribution in [2.75, 3.05) is 18.6 Å². The number of rotatable bonds is 4. The van der Waals surface area contributed by atoms with Gasteiger partial charge in [-0.15, -0.1) is 11.8 Å². The highest BCUT2D eigenvalue weighted by atomic mass is 32.2. The van der Waals surface area contributed by atoms with Gasteiger partial charge in [0.25, 0.3) is 0 Å². The lowest BCUT2D eigenvalue weighted by Crippen LogP contribution is -2.17. The third kappa shape index (κ3) is 2.82. The molecule has 1 aliphatic rings. The fourth-order valence-electron chi connectivity index (χ4n) is 2.75. The molecule has 0 aromatic heterocycles. The van der Waals surface area contributed by atoms with E-state index in [0.717, 1.165) is 11.3 Å². The largest absolute Gasteiger partial charge is 0.326 e. The molecule has 4 heteroatoms. The lowest BCUT2D eigenvalue weighted by atomic mass is 9.96. The van der Waals surface area contributed by atoms with Crippen LogP contribution in [-0.2, 0) is 11.2 Å². The third-order valence-electron chi connectivity index (χ3n) is 3.83. The lowest BCUT2D eigenvalue weighted by molar-refractivity contribution is -0.115. The second-order valence-electron chi connectivity index (χ2n) is 5.14. The van der Waals surface area contributed by atoms with Gasteiger partial charge < -0.3 is 10.6 Å². The molecule has 0 bridgehead atoms. The van der Waals surface area contributed by atoms with Gasteiger partial charge in [-0.2, -0.15) is 0 Å². The van der Waals surface area contributed by atoms with Crippen LogP contribution in [-0.4, -0.2) is 19.2 Å². The minimum Gasteiger partial charge on any atom is -0.326 e. The Hall–Kier alpha value is -1.78. The highest BCUT2D eigenvalue weighted by Gasteiger charge is 2.20. The zero-order chi connectivity index (χ0) is 14.8. The first-order valence-corrected chi connectivity index (χ1v) is 8.17. The summed E-state index contributed by atoms with van der Waals surface area (Å²) in [6.45, 7) is 0. The predicted molar refractivity (Wildman–Crippen MR) is 87.9 cm³/mol. The molecule has 3 nitrogen and oxygen atoms in total. The molecule has 0 spiro atoms. The van der Waals surface area contributed by atoms with E-state index in [1.807, 2.05) is 13.1 Å². The summed E-state index contributed by atoms with van der Waals surface area (Å²) >= 11 is 1.74. The number of amides is 1. The van der Waals surface area contributed by atoms with E-state index in [4.69, 9.17) is 0 Å². The van der Waals surface area contributed by atoms with Crippen LogP contribution in [0.3, 0.4) is 0 Å². The summed E-state index contributed by atoms with van der Waals surface area (Å²) in [5, 5.41) is 6.24. The molecule has 21 heavy (non-hydrogen) atoms. The molecule has 0 radical (unpaired) electrons. The minimum absolute atomic E-state index is 0.0764. The van der Waals surface area contributed by atoms with Crippen LogP contribution in [0.15, 0.2) is 47.4 Å². The fraction of sp³-hybridized carbons (Fsp3) is 0.235. The second kappa shape index (κ2) is 5.92. The van der Waals surface area contributed by atoms with Crippen molar-refractivity contribution in [3.8, 4) is 0 Å². The van der Waals surface area contributed by atoms with E-state index in [2.05, 4.69) is 53.3 Å². The Morgan fingerprint density at radius 2 is 1.86 bits per heavy atom. The van der Waals surface area contributed by atoms with Crippen molar-refractivity contribution in [3.63, 3.8) is 0 Å². The normalized spacial score (nSPS) is 14.7. The summed E-state index contributed by atoms with van der Waals surface area (Å²) in [7, 11) is 1.96. The van der Waals surface area contributed by atoms with E-state index < -0.39 is 0 Å². The molecule has 1 aliphatic heterocycles. The summed E-state index contributed by atoms with van der Waals surface area (Å²) in [5.41, 5.74) is 4.44. The summed E-state index contributed by atoms with van der Waals surface area (Å²) < 4.78 is 0. The van der Waals surface area contributed by atoms with Gasteiger partial charge in [-0.25, -0.2) is 0 Å². The van der Waals surface area contributed by atoms with Crippen molar-refractivity contribution in [1.82, 2.24) is 5.32 Å². The molecule has 0 saturated carbocycles. The molecule has 1 atom stereocenters. The van der Waals surface area contributed by atoms with Crippen molar-refractivity contribution in [3.05, 3.63) is 59.2 Å². The van der Waals surface area contributed by atoms with E-state index in [1.54, 1.807) is 11.8 Å². The number of nitrogens with one attached hydrogen (secondary N) is 2. The maximum absolute atomic E-state index is 11.5. The number of thioether (sulfide) groups is 1. The first kappa shape index (κ1) is 14.2. The number of hydrogen-bond acceptors (Lipinski definition) is 3. The first-order valence-electron chi connectivity index (χ1n) is 6.95. The zero-order valence-electron chi connectivity index (χ0n) is 12.1. The Labute approximate surface area is 129 Å². The standard InChI is InChI=1S/C17H18N2OS/c1-18-17(11-3-6-14(21-2)7-4-11)12-5-8-15-13(9-12)10-16(20)19-15/h3-9,17-18H,10H2,1-2H3,(H,19,20). The quantitative estimate of drug-likeness (QED) is 0.852. The summed E-state index contributed by atoms with van der Waals surface area (Å²) in [5.74, 6) is 0.0764. The molecular formula is C17H18N2OS. The number of hydrogen-bond donors (Lipinski definition) is 2. The van der Waals surface area contributed by atoms with E-state index in [1.165, 1.54) is 16.0 Å². The average molecular weight is 298 g/mol. The van der Waals surface area contributed by atoms with E-state index >= 15 is 0 Å². The average Bonchev–Trinajstić information content (AvgIpc) is 2.88. The second-order valence-corrected chi connectivity index (χ2v) is 6.02. The van der Waals surface area contributed by atoms with Crippen molar-refractivity contribution < 1.29 is 4.79 Å². The SMILES string of the molecule is CNC(c1ccc(SC)cc1)c1ccc2c(c1)CC(=O)N2. The first-order chi connectivity index (χ1) is 10.2. The zero-order valence-corrected chi connectivity index (χ0v) is 13.0. The molecule has 0 fully saturated rings. The molecule has 3 rings (SSSR count). The van der Waals surface area contributed by atoms with Gasteiger partial charge in [-0.1, -0.05) is 24.3 Å². The van der Waals surface area contributed by atoms with Crippen LogP contribution >= 0.6 is 11.8 Å². The van der Waals surface area contributed by atoms with E-state index in [9.17, 15) is 4.79 Å². The van der Waals surface area contributed by atoms with Crippen molar-refractivity contribution in [2.45, 2.75) is 17.4 Å². The van der Waals surface area contributed by atoms with Crippen LogP contribution in [0.5, 0.6) is 0 Å². The van der Waals surface area contributed by atoms with Crippen LogP contribution in [0, 0.1) is 0 Å². The molecule has 1 unspecified atom stereocenters. The van der Waals surface area contributed by atoms with Gasteiger partial charge in [0.05, 0.1) is 12.5 Å². The number of fused-ring (bicyclic) bond motifs is 1. The summed E-state index contributed by atoms with van der Waals surface area (Å²) in [4.78, 5) is 12.7. The molecule has 2 aromatic rings. The number of anilines is 1. The van der Waals surface area contributed by atoms with Gasteiger partial charge in [0.2, 0.25) is 5.91 Å². The van der Waals surface area contributed by atoms with Crippen LogP contribution < -0.4 is 10.6 Å². The van der Waals surface area contributed by atoms with E-state index in [-0.39, 0.29) is 11.9 Å². The molecule has 1 heterocycles. The molecule has 108 valence electrons. The van der Waals surface area contributed by atoms with Gasteiger partial charge in [0.1, 0.15) is 0 Å². The minimum atomic E-state index is 0.0764. The number of carbonyl (C=O) groups is 1. The topological polar surface area (TPSA) is 41.1 Å². The van der Waals surface area contributed by atoms with Crippen LogP contribution in [0.2, 0.25) is 0 Å². The van der Waals surface area contributed by atoms with Crippen molar-refractivity contribution in [2.24, 2.45) is 0 Å². The molecular weight excluding hydrogens is 280 g/mol. The highest BCUT2D eigenvalue weighted by molar-refractivity contribution is 7.98. The molecule has 2 aromatic carbocycles. The predicted octanol–water partition coefficient (Wildman–Crippen LogP) is 3.21. The fourth-order valence-corrected chi connectivity index (χ4v) is 3.16. The maximum atomic E-state index is 11.5. The van der Waals surface area contributed by atoms with Gasteiger partial charge in [-0.05, 0) is 48.2 Å². The van der Waals surface area contributed by atoms with Gasteiger partial charge in [0, 0.05) is 10.6 Å². The smallest absolute Gasteiger partial charge is 0.228 e. The molecule has 2 N–H and O–H groups in total. The Morgan fingerprint density at radius 3 is 2.52 bits per heavy atom. The van der Waals surface area contributed by atoms with Crippen molar-refractivity contribution >= 4 is 23.4 Å². The summed E-state index contributed by atoms with van der Waals surface area (Å²) in [6.07, 6.45) is 2.56. The Balaban J connectivity index is 1.92. The highest BCUT2D eigenvalue weighted by Crippen LogP contribution is 2.29. The van der Waals surface area contributed by atoms with Crippen molar-refractivity contribution in [1.29, 1.82) is 0 Å². The number of benzene rings is 2. The van der Waals surface area contributed by atoms with Gasteiger partial charge >= 0.3 is 0 Å². The Bertz CT molecular complexity index is 667. The van der Waals surface area contributed by atoms with E-state index in [0.29, 0.717) is 6.42 Å². The molecule has 1 amide bonds. The number of carbonyl (C=O) groups excluding carboxylic acids is 1. The van der Waals surface area contributed by atoms with Crippen LogP contribution in [0.1, 0.15) is 22.7 Å². The van der Waals surface area contributed by atoms with Gasteiger partial charge in [0.15, 0.2) is 0 Å². The molecule has 0 aliphatic carbocycles. The monoisotopic (exact) mass is 298 g/mol. The van der Waals surface area contributed by atoms with Gasteiger partial charge in [-0.3, -0.25) is 4.79 Å². The van der Waals surface area contributed by atoms with Crippen LogP contribution in [0.4, 0.5) is 5.69 Å². The Morgan fingerprint density at radius 1 is 1.14 bits per heavy atom. The lowest BCUT2D eigenvalue weighted by Gasteiger charge is -2.18. The Kier molecular flexibility index (Phi) is 3.99. The third-order valence-corrected chi connectivity index (χ3v) is 4.57.